The average molecular weight is 382 g/mol. The molecule has 4 rings (SSSR count). The number of aromatic nitrogens is 1. The fraction of sp³-hybridized carbons (Fsp3) is 0.238. The number of nitrogens with one attached hydrogen (secondary N) is 2. The van der Waals surface area contributed by atoms with Gasteiger partial charge in [-0.1, -0.05) is 18.2 Å². The van der Waals surface area contributed by atoms with Crippen LogP contribution in [0.3, 0.4) is 0 Å². The van der Waals surface area contributed by atoms with E-state index < -0.39 is 0 Å². The van der Waals surface area contributed by atoms with Crippen LogP contribution >= 0.6 is 0 Å². The lowest BCUT2D eigenvalue weighted by Gasteiger charge is -2.18. The van der Waals surface area contributed by atoms with Crippen molar-refractivity contribution >= 4 is 16.8 Å². The Labute approximate surface area is 160 Å². The first-order valence-electron chi connectivity index (χ1n) is 9.06. The molecule has 144 valence electrons. The van der Waals surface area contributed by atoms with Crippen molar-refractivity contribution in [2.45, 2.75) is 19.4 Å². The number of aromatic amines is 1. The zero-order chi connectivity index (χ0) is 19.5. The number of hydrogen-bond donors (Lipinski definition) is 2. The molecule has 2 heterocycles. The van der Waals surface area contributed by atoms with Crippen LogP contribution in [0, 0.1) is 5.82 Å². The Kier molecular flexibility index (Phi) is 4.97. The van der Waals surface area contributed by atoms with Crippen LogP contribution < -0.4 is 20.3 Å². The van der Waals surface area contributed by atoms with Gasteiger partial charge in [0.2, 0.25) is 5.91 Å². The zero-order valence-electron chi connectivity index (χ0n) is 15.1. The largest absolute Gasteiger partial charge is 0.486 e. The number of pyridine rings is 1. The molecule has 1 aliphatic rings. The molecule has 0 saturated heterocycles. The van der Waals surface area contributed by atoms with Gasteiger partial charge in [0, 0.05) is 35.5 Å². The van der Waals surface area contributed by atoms with Crippen molar-refractivity contribution in [3.8, 4) is 11.5 Å². The molecule has 3 aromatic rings. The molecule has 0 radical (unpaired) electrons. The molecular weight excluding hydrogens is 363 g/mol. The van der Waals surface area contributed by atoms with Crippen LogP contribution in [0.1, 0.15) is 17.5 Å². The highest BCUT2D eigenvalue weighted by atomic mass is 19.1. The molecule has 2 N–H and O–H groups in total. The minimum Gasteiger partial charge on any atom is -0.486 e. The van der Waals surface area contributed by atoms with Gasteiger partial charge in [-0.05, 0) is 24.6 Å². The Morgan fingerprint density at radius 3 is 2.61 bits per heavy atom. The summed E-state index contributed by atoms with van der Waals surface area (Å²) in [7, 11) is 0. The second kappa shape index (κ2) is 7.72. The molecule has 0 aliphatic carbocycles. The molecule has 6 nitrogen and oxygen atoms in total. The molecule has 1 aliphatic heterocycles. The topological polar surface area (TPSA) is 80.4 Å². The van der Waals surface area contributed by atoms with Gasteiger partial charge in [0.15, 0.2) is 11.5 Å². The van der Waals surface area contributed by atoms with Crippen LogP contribution in [0.25, 0.3) is 10.9 Å². The second-order valence-corrected chi connectivity index (χ2v) is 6.57. The summed E-state index contributed by atoms with van der Waals surface area (Å²) >= 11 is 0. The summed E-state index contributed by atoms with van der Waals surface area (Å²) in [4.78, 5) is 27.2. The van der Waals surface area contributed by atoms with Gasteiger partial charge in [-0.25, -0.2) is 4.39 Å². The van der Waals surface area contributed by atoms with Gasteiger partial charge < -0.3 is 19.8 Å². The van der Waals surface area contributed by atoms with E-state index in [0.29, 0.717) is 41.4 Å². The molecule has 0 atom stereocenters. The van der Waals surface area contributed by atoms with Crippen LogP contribution in [0.5, 0.6) is 11.5 Å². The third-order valence-corrected chi connectivity index (χ3v) is 4.64. The normalized spacial score (nSPS) is 12.8. The number of hydrogen-bond acceptors (Lipinski definition) is 4. The number of aryl methyl sites for hydroxylation is 1. The number of halogens is 1. The zero-order valence-corrected chi connectivity index (χ0v) is 15.1. The number of rotatable bonds is 5. The molecule has 0 saturated carbocycles. The van der Waals surface area contributed by atoms with Crippen molar-refractivity contribution < 1.29 is 18.7 Å². The highest BCUT2D eigenvalue weighted by Crippen LogP contribution is 2.33. The maximum atomic E-state index is 13.6. The number of benzene rings is 2. The first-order valence-corrected chi connectivity index (χ1v) is 9.06. The van der Waals surface area contributed by atoms with Gasteiger partial charge in [0.25, 0.3) is 5.56 Å². The standard InChI is InChI=1S/C21H19FN2O4/c22-16-4-2-1-3-14(16)12-23-20(25)6-5-13-9-15-10-18-19(28-8-7-27-18)11-17(15)24-21(13)26/h1-4,9-11H,5-8,12H2,(H,23,25)(H,24,26). The van der Waals surface area contributed by atoms with E-state index in [1.807, 2.05) is 6.07 Å². The number of fused-ring (bicyclic) bond motifs is 2. The van der Waals surface area contributed by atoms with Crippen LogP contribution in [-0.2, 0) is 17.8 Å². The number of H-pyrrole nitrogens is 1. The lowest BCUT2D eigenvalue weighted by Crippen LogP contribution is -2.24. The minimum atomic E-state index is -0.358. The summed E-state index contributed by atoms with van der Waals surface area (Å²) in [6.45, 7) is 1.07. The quantitative estimate of drug-likeness (QED) is 0.711. The van der Waals surface area contributed by atoms with Crippen molar-refractivity contribution in [1.29, 1.82) is 0 Å². The number of carbonyl (C=O) groups is 1. The van der Waals surface area contributed by atoms with E-state index in [4.69, 9.17) is 9.47 Å². The predicted molar refractivity (Wildman–Crippen MR) is 102 cm³/mol. The molecule has 28 heavy (non-hydrogen) atoms. The van der Waals surface area contributed by atoms with E-state index in [1.54, 1.807) is 30.3 Å². The summed E-state index contributed by atoms with van der Waals surface area (Å²) in [6.07, 6.45) is 0.413. The summed E-state index contributed by atoms with van der Waals surface area (Å²) in [5.74, 6) is 0.641. The van der Waals surface area contributed by atoms with Crippen LogP contribution in [0.4, 0.5) is 4.39 Å². The minimum absolute atomic E-state index is 0.114. The molecular formula is C21H19FN2O4. The first kappa shape index (κ1) is 18.0. The van der Waals surface area contributed by atoms with Gasteiger partial charge >= 0.3 is 0 Å². The van der Waals surface area contributed by atoms with Crippen molar-refractivity contribution in [3.05, 3.63) is 69.8 Å². The molecule has 1 aromatic heterocycles. The monoisotopic (exact) mass is 382 g/mol. The van der Waals surface area contributed by atoms with E-state index in [1.165, 1.54) is 6.07 Å². The molecule has 2 aromatic carbocycles. The van der Waals surface area contributed by atoms with E-state index >= 15 is 0 Å². The summed E-state index contributed by atoms with van der Waals surface area (Å²) < 4.78 is 24.7. The Morgan fingerprint density at radius 1 is 1.07 bits per heavy atom. The number of amides is 1. The average Bonchev–Trinajstić information content (AvgIpc) is 2.70. The lowest BCUT2D eigenvalue weighted by atomic mass is 10.1. The second-order valence-electron chi connectivity index (χ2n) is 6.57. The molecule has 0 spiro atoms. The smallest absolute Gasteiger partial charge is 0.251 e. The summed E-state index contributed by atoms with van der Waals surface area (Å²) in [5.41, 5.74) is 1.34. The Balaban J connectivity index is 1.44. The van der Waals surface area contributed by atoms with Gasteiger partial charge in [-0.15, -0.1) is 0 Å². The van der Waals surface area contributed by atoms with Gasteiger partial charge in [-0.2, -0.15) is 0 Å². The SMILES string of the molecule is O=C(CCc1cc2cc3c(cc2[nH]c1=O)OCCO3)NCc1ccccc1F. The maximum Gasteiger partial charge on any atom is 0.251 e. The van der Waals surface area contributed by atoms with Crippen molar-refractivity contribution in [3.63, 3.8) is 0 Å². The van der Waals surface area contributed by atoms with Crippen LogP contribution in [0.15, 0.2) is 47.3 Å². The molecule has 7 heteroatoms. The fourth-order valence-corrected chi connectivity index (χ4v) is 3.15. The summed E-state index contributed by atoms with van der Waals surface area (Å²) in [6, 6.07) is 11.6. The number of carbonyl (C=O) groups excluding carboxylic acids is 1. The molecule has 0 unspecified atom stereocenters. The molecule has 0 fully saturated rings. The third kappa shape index (κ3) is 3.83. The molecule has 1 amide bonds. The maximum absolute atomic E-state index is 13.6. The highest BCUT2D eigenvalue weighted by molar-refractivity contribution is 5.83. The van der Waals surface area contributed by atoms with Gasteiger partial charge in [0.05, 0.1) is 5.52 Å². The van der Waals surface area contributed by atoms with Crippen molar-refractivity contribution in [2.24, 2.45) is 0 Å². The summed E-state index contributed by atoms with van der Waals surface area (Å²) in [5, 5.41) is 3.49. The fourth-order valence-electron chi connectivity index (χ4n) is 3.15. The third-order valence-electron chi connectivity index (χ3n) is 4.64. The Morgan fingerprint density at radius 2 is 1.82 bits per heavy atom. The van der Waals surface area contributed by atoms with Crippen molar-refractivity contribution in [1.82, 2.24) is 10.3 Å². The number of ether oxygens (including phenoxy) is 2. The van der Waals surface area contributed by atoms with E-state index in [9.17, 15) is 14.0 Å². The van der Waals surface area contributed by atoms with Crippen LogP contribution in [-0.4, -0.2) is 24.1 Å². The predicted octanol–water partition coefficient (Wildman–Crippen LogP) is 2.69. The van der Waals surface area contributed by atoms with E-state index in [0.717, 1.165) is 5.39 Å². The Hall–Kier alpha value is -3.35. The molecule has 0 bridgehead atoms. The van der Waals surface area contributed by atoms with Crippen LogP contribution in [0.2, 0.25) is 0 Å². The first-order chi connectivity index (χ1) is 13.6. The van der Waals surface area contributed by atoms with Gasteiger partial charge in [0.1, 0.15) is 19.0 Å². The van der Waals surface area contributed by atoms with Gasteiger partial charge in [-0.3, -0.25) is 9.59 Å². The Bertz CT molecular complexity index is 1090. The van der Waals surface area contributed by atoms with E-state index in [2.05, 4.69) is 10.3 Å². The lowest BCUT2D eigenvalue weighted by molar-refractivity contribution is -0.121. The highest BCUT2D eigenvalue weighted by Gasteiger charge is 2.14. The van der Waals surface area contributed by atoms with Crippen molar-refractivity contribution in [2.75, 3.05) is 13.2 Å². The van der Waals surface area contributed by atoms with E-state index in [-0.39, 0.29) is 36.7 Å².